The Bertz CT molecular complexity index is 718. The van der Waals surface area contributed by atoms with Gasteiger partial charge in [-0.2, -0.15) is 0 Å². The van der Waals surface area contributed by atoms with Crippen molar-refractivity contribution in [1.29, 1.82) is 0 Å². The fourth-order valence-corrected chi connectivity index (χ4v) is 3.01. The van der Waals surface area contributed by atoms with Crippen LogP contribution in [0.2, 0.25) is 0 Å². The second-order valence-corrected chi connectivity index (χ2v) is 6.79. The fourth-order valence-electron chi connectivity index (χ4n) is 2.52. The van der Waals surface area contributed by atoms with E-state index in [-0.39, 0.29) is 5.91 Å². The molecule has 0 aromatic heterocycles. The lowest BCUT2D eigenvalue weighted by Crippen LogP contribution is -2.13. The molecule has 2 aromatic rings. The lowest BCUT2D eigenvalue weighted by molar-refractivity contribution is 0.102. The summed E-state index contributed by atoms with van der Waals surface area (Å²) in [7, 11) is 0. The summed E-state index contributed by atoms with van der Waals surface area (Å²) in [6, 6.07) is 12.8. The number of hydrogen-bond acceptors (Lipinski definition) is 3. The number of anilines is 1. The number of benzene rings is 2. The van der Waals surface area contributed by atoms with Crippen LogP contribution < -0.4 is 14.8 Å². The molecule has 1 N–H and O–H groups in total. The Morgan fingerprint density at radius 3 is 2.54 bits per heavy atom. The smallest absolute Gasteiger partial charge is 0.255 e. The van der Waals surface area contributed by atoms with Crippen molar-refractivity contribution in [2.75, 3.05) is 18.5 Å². The zero-order valence-corrected chi connectivity index (χ0v) is 17.0. The third-order valence-electron chi connectivity index (χ3n) is 3.88. The van der Waals surface area contributed by atoms with Gasteiger partial charge < -0.3 is 14.8 Å². The summed E-state index contributed by atoms with van der Waals surface area (Å²) in [5.41, 5.74) is 1.22. The highest BCUT2D eigenvalue weighted by Crippen LogP contribution is 2.28. The van der Waals surface area contributed by atoms with E-state index in [1.54, 1.807) is 12.1 Å². The summed E-state index contributed by atoms with van der Waals surface area (Å²) in [4.78, 5) is 12.5. The highest BCUT2D eigenvalue weighted by atomic mass is 79.9. The molecule has 4 nitrogen and oxygen atoms in total. The average Bonchev–Trinajstić information content (AvgIpc) is 2.64. The van der Waals surface area contributed by atoms with Gasteiger partial charge >= 0.3 is 0 Å². The van der Waals surface area contributed by atoms with Gasteiger partial charge in [0, 0.05) is 5.56 Å². The molecule has 0 bridgehead atoms. The average molecular weight is 420 g/mol. The molecular weight excluding hydrogens is 394 g/mol. The minimum absolute atomic E-state index is 0.188. The number of hydrogen-bond donors (Lipinski definition) is 1. The summed E-state index contributed by atoms with van der Waals surface area (Å²) < 4.78 is 12.1. The first-order valence-electron chi connectivity index (χ1n) is 9.11. The van der Waals surface area contributed by atoms with Crippen LogP contribution in [-0.2, 0) is 0 Å². The van der Waals surface area contributed by atoms with Crippen LogP contribution in [0.4, 0.5) is 5.69 Å². The van der Waals surface area contributed by atoms with E-state index in [4.69, 9.17) is 9.47 Å². The van der Waals surface area contributed by atoms with Gasteiger partial charge in [0.25, 0.3) is 5.91 Å². The fraction of sp³-hybridized carbons (Fsp3) is 0.381. The number of para-hydroxylation sites is 2. The summed E-state index contributed by atoms with van der Waals surface area (Å²) in [6.07, 6.45) is 4.65. The second kappa shape index (κ2) is 10.9. The summed E-state index contributed by atoms with van der Waals surface area (Å²) >= 11 is 3.49. The molecule has 26 heavy (non-hydrogen) atoms. The number of rotatable bonds is 10. The molecule has 140 valence electrons. The van der Waals surface area contributed by atoms with E-state index in [0.29, 0.717) is 30.2 Å². The van der Waals surface area contributed by atoms with Gasteiger partial charge in [0.1, 0.15) is 11.5 Å². The van der Waals surface area contributed by atoms with Crippen molar-refractivity contribution in [2.45, 2.75) is 39.5 Å². The van der Waals surface area contributed by atoms with Crippen molar-refractivity contribution in [3.63, 3.8) is 0 Å². The van der Waals surface area contributed by atoms with Crippen LogP contribution in [-0.4, -0.2) is 19.1 Å². The van der Waals surface area contributed by atoms with Crippen LogP contribution in [0.3, 0.4) is 0 Å². The first kappa shape index (κ1) is 20.3. The molecule has 0 saturated heterocycles. The Morgan fingerprint density at radius 2 is 1.81 bits per heavy atom. The molecule has 5 heteroatoms. The Morgan fingerprint density at radius 1 is 1.00 bits per heavy atom. The van der Waals surface area contributed by atoms with Crippen molar-refractivity contribution in [3.8, 4) is 11.5 Å². The standard InChI is InChI=1S/C21H26BrNO3/c1-3-5-6-9-14-26-19-13-12-16(15-17(19)22)21(24)23-18-10-7-8-11-20(18)25-4-2/h7-8,10-13,15H,3-6,9,14H2,1-2H3,(H,23,24). The van der Waals surface area contributed by atoms with Crippen LogP contribution in [0.15, 0.2) is 46.9 Å². The molecule has 2 aromatic carbocycles. The lowest BCUT2D eigenvalue weighted by Gasteiger charge is -2.12. The molecule has 0 aliphatic rings. The molecule has 0 unspecified atom stereocenters. The largest absolute Gasteiger partial charge is 0.492 e. The van der Waals surface area contributed by atoms with Crippen LogP contribution >= 0.6 is 15.9 Å². The first-order valence-corrected chi connectivity index (χ1v) is 9.90. The van der Waals surface area contributed by atoms with Crippen molar-refractivity contribution in [2.24, 2.45) is 0 Å². The number of nitrogens with one attached hydrogen (secondary N) is 1. The van der Waals surface area contributed by atoms with Gasteiger partial charge in [-0.05, 0) is 59.6 Å². The molecular formula is C21H26BrNO3. The monoisotopic (exact) mass is 419 g/mol. The van der Waals surface area contributed by atoms with Crippen LogP contribution in [0.25, 0.3) is 0 Å². The maximum atomic E-state index is 12.5. The molecule has 0 atom stereocenters. The molecule has 0 spiro atoms. The van der Waals surface area contributed by atoms with Crippen molar-refractivity contribution in [3.05, 3.63) is 52.5 Å². The zero-order valence-electron chi connectivity index (χ0n) is 15.4. The SMILES string of the molecule is CCCCCCOc1ccc(C(=O)Nc2ccccc2OCC)cc1Br. The molecule has 0 fully saturated rings. The molecule has 2 rings (SSSR count). The predicted octanol–water partition coefficient (Wildman–Crippen LogP) is 6.06. The summed E-state index contributed by atoms with van der Waals surface area (Å²) in [5, 5.41) is 2.90. The van der Waals surface area contributed by atoms with E-state index in [1.165, 1.54) is 19.3 Å². The Hall–Kier alpha value is -2.01. The molecule has 0 saturated carbocycles. The topological polar surface area (TPSA) is 47.6 Å². The molecule has 0 radical (unpaired) electrons. The van der Waals surface area contributed by atoms with Crippen molar-refractivity contribution >= 4 is 27.5 Å². The van der Waals surface area contributed by atoms with Gasteiger partial charge in [0.2, 0.25) is 0 Å². The number of carbonyl (C=O) groups excluding carboxylic acids is 1. The third kappa shape index (κ3) is 6.06. The zero-order chi connectivity index (χ0) is 18.8. The molecule has 0 aliphatic carbocycles. The van der Waals surface area contributed by atoms with Gasteiger partial charge in [-0.25, -0.2) is 0 Å². The predicted molar refractivity (Wildman–Crippen MR) is 109 cm³/mol. The normalized spacial score (nSPS) is 10.4. The van der Waals surface area contributed by atoms with Gasteiger partial charge in [0.05, 0.1) is 23.4 Å². The number of amides is 1. The van der Waals surface area contributed by atoms with Crippen LogP contribution in [0, 0.1) is 0 Å². The Labute approximate surface area is 164 Å². The molecule has 0 heterocycles. The minimum Gasteiger partial charge on any atom is -0.492 e. The summed E-state index contributed by atoms with van der Waals surface area (Å²) in [6.45, 7) is 5.33. The van der Waals surface area contributed by atoms with E-state index in [1.807, 2.05) is 37.3 Å². The number of ether oxygens (including phenoxy) is 2. The second-order valence-electron chi connectivity index (χ2n) is 5.94. The first-order chi connectivity index (χ1) is 12.7. The molecule has 0 aliphatic heterocycles. The van der Waals surface area contributed by atoms with Gasteiger partial charge in [0.15, 0.2) is 0 Å². The maximum absolute atomic E-state index is 12.5. The van der Waals surface area contributed by atoms with Gasteiger partial charge in [-0.15, -0.1) is 0 Å². The van der Waals surface area contributed by atoms with Crippen molar-refractivity contribution < 1.29 is 14.3 Å². The highest BCUT2D eigenvalue weighted by Gasteiger charge is 2.12. The van der Waals surface area contributed by atoms with Crippen LogP contribution in [0.5, 0.6) is 11.5 Å². The third-order valence-corrected chi connectivity index (χ3v) is 4.50. The number of halogens is 1. The number of carbonyl (C=O) groups is 1. The summed E-state index contributed by atoms with van der Waals surface area (Å²) in [5.74, 6) is 1.23. The van der Waals surface area contributed by atoms with E-state index < -0.39 is 0 Å². The van der Waals surface area contributed by atoms with Gasteiger partial charge in [-0.3, -0.25) is 4.79 Å². The quantitative estimate of drug-likeness (QED) is 0.476. The van der Waals surface area contributed by atoms with Gasteiger partial charge in [-0.1, -0.05) is 38.3 Å². The highest BCUT2D eigenvalue weighted by molar-refractivity contribution is 9.10. The van der Waals surface area contributed by atoms with E-state index in [2.05, 4.69) is 28.2 Å². The Kier molecular flexibility index (Phi) is 8.48. The van der Waals surface area contributed by atoms with Crippen molar-refractivity contribution in [1.82, 2.24) is 0 Å². The Balaban J connectivity index is 1.98. The lowest BCUT2D eigenvalue weighted by atomic mass is 10.2. The van der Waals surface area contributed by atoms with E-state index in [9.17, 15) is 4.79 Å². The molecule has 1 amide bonds. The number of unbranched alkanes of at least 4 members (excludes halogenated alkanes) is 3. The minimum atomic E-state index is -0.188. The van der Waals surface area contributed by atoms with E-state index in [0.717, 1.165) is 16.6 Å². The van der Waals surface area contributed by atoms with Crippen LogP contribution in [0.1, 0.15) is 49.9 Å². The van der Waals surface area contributed by atoms with E-state index >= 15 is 0 Å². The maximum Gasteiger partial charge on any atom is 0.255 e.